The molecule has 4 rings (SSSR count). The number of benzene rings is 2. The average Bonchev–Trinajstić information content (AvgIpc) is 3.14. The van der Waals surface area contributed by atoms with Gasteiger partial charge in [0.15, 0.2) is 6.33 Å². The van der Waals surface area contributed by atoms with Gasteiger partial charge in [0.2, 0.25) is 5.82 Å². The Kier molecular flexibility index (Phi) is 2.64. The van der Waals surface area contributed by atoms with Gasteiger partial charge in [-0.25, -0.2) is 9.13 Å². The largest absolute Gasteiger partial charge is 0.272 e. The van der Waals surface area contributed by atoms with E-state index in [9.17, 15) is 0 Å². The van der Waals surface area contributed by atoms with Gasteiger partial charge >= 0.3 is 0 Å². The van der Waals surface area contributed by atoms with Crippen LogP contribution in [0.4, 0.5) is 0 Å². The van der Waals surface area contributed by atoms with Crippen molar-refractivity contribution in [2.75, 3.05) is 0 Å². The first kappa shape index (κ1) is 12.0. The first-order chi connectivity index (χ1) is 10.3. The molecule has 3 nitrogen and oxygen atoms in total. The molecule has 0 fully saturated rings. The summed E-state index contributed by atoms with van der Waals surface area (Å²) in [6.07, 6.45) is 6.23. The number of rotatable bonds is 2. The number of imidazole rings is 1. The molecule has 102 valence electrons. The second-order valence-corrected chi connectivity index (χ2v) is 5.21. The normalized spacial score (nSPS) is 11.1. The molecular formula is C18H16N3+. The SMILES string of the molecule is Cc1c(-[n+]2ccn(-c3ccccc3)c2)[nH]c2ccccc12. The van der Waals surface area contributed by atoms with E-state index < -0.39 is 0 Å². The fraction of sp³-hybridized carbons (Fsp3) is 0.0556. The van der Waals surface area contributed by atoms with Crippen molar-refractivity contribution in [1.29, 1.82) is 0 Å². The van der Waals surface area contributed by atoms with Crippen LogP contribution >= 0.6 is 0 Å². The van der Waals surface area contributed by atoms with E-state index in [0.717, 1.165) is 11.5 Å². The number of hydrogen-bond donors (Lipinski definition) is 1. The molecule has 0 saturated heterocycles. The van der Waals surface area contributed by atoms with Crippen LogP contribution in [-0.2, 0) is 0 Å². The molecule has 3 heteroatoms. The van der Waals surface area contributed by atoms with Crippen LogP contribution in [0.1, 0.15) is 5.56 Å². The Bertz CT molecular complexity index is 901. The summed E-state index contributed by atoms with van der Waals surface area (Å²) in [5, 5.41) is 1.27. The Morgan fingerprint density at radius 3 is 2.52 bits per heavy atom. The standard InChI is InChI=1S/C18H16N3/c1-14-16-9-5-6-10-17(16)19-18(14)21-12-11-20(13-21)15-7-3-2-4-8-15/h2-13,19H,1H3/q+1. The summed E-state index contributed by atoms with van der Waals surface area (Å²) >= 11 is 0. The van der Waals surface area contributed by atoms with Crippen LogP contribution in [0, 0.1) is 6.92 Å². The first-order valence-corrected chi connectivity index (χ1v) is 7.05. The average molecular weight is 274 g/mol. The molecule has 0 radical (unpaired) electrons. The summed E-state index contributed by atoms with van der Waals surface area (Å²) in [6.45, 7) is 2.15. The quantitative estimate of drug-likeness (QED) is 0.541. The van der Waals surface area contributed by atoms with Gasteiger partial charge in [-0.05, 0) is 25.1 Å². The molecule has 4 aromatic rings. The van der Waals surface area contributed by atoms with Crippen LogP contribution in [0.2, 0.25) is 0 Å². The third-order valence-corrected chi connectivity index (χ3v) is 3.89. The lowest BCUT2D eigenvalue weighted by Gasteiger charge is -1.96. The van der Waals surface area contributed by atoms with E-state index in [0.29, 0.717) is 0 Å². The molecule has 0 bridgehead atoms. The lowest BCUT2D eigenvalue weighted by atomic mass is 10.2. The molecule has 0 saturated carbocycles. The Morgan fingerprint density at radius 1 is 0.952 bits per heavy atom. The first-order valence-electron chi connectivity index (χ1n) is 7.05. The number of fused-ring (bicyclic) bond motifs is 1. The zero-order chi connectivity index (χ0) is 14.2. The highest BCUT2D eigenvalue weighted by Crippen LogP contribution is 2.21. The maximum absolute atomic E-state index is 3.49. The van der Waals surface area contributed by atoms with Crippen LogP contribution in [0.15, 0.2) is 73.3 Å². The predicted molar refractivity (Wildman–Crippen MR) is 83.9 cm³/mol. The van der Waals surface area contributed by atoms with Crippen LogP contribution in [0.3, 0.4) is 0 Å². The van der Waals surface area contributed by atoms with Crippen molar-refractivity contribution in [2.45, 2.75) is 6.92 Å². The summed E-state index contributed by atoms with van der Waals surface area (Å²) in [4.78, 5) is 3.49. The van der Waals surface area contributed by atoms with Gasteiger partial charge < -0.3 is 0 Å². The summed E-state index contributed by atoms with van der Waals surface area (Å²) in [7, 11) is 0. The van der Waals surface area contributed by atoms with Gasteiger partial charge in [-0.15, -0.1) is 0 Å². The third kappa shape index (κ3) is 1.94. The molecule has 0 spiro atoms. The predicted octanol–water partition coefficient (Wildman–Crippen LogP) is 3.54. The highest BCUT2D eigenvalue weighted by Gasteiger charge is 2.15. The van der Waals surface area contributed by atoms with E-state index in [1.54, 1.807) is 0 Å². The summed E-state index contributed by atoms with van der Waals surface area (Å²) < 4.78 is 4.24. The third-order valence-electron chi connectivity index (χ3n) is 3.89. The van der Waals surface area contributed by atoms with E-state index in [1.165, 1.54) is 16.5 Å². The zero-order valence-corrected chi connectivity index (χ0v) is 11.8. The summed E-state index contributed by atoms with van der Waals surface area (Å²) in [5.74, 6) is 1.12. The maximum atomic E-state index is 3.49. The van der Waals surface area contributed by atoms with Crippen molar-refractivity contribution < 1.29 is 4.57 Å². The number of aromatic nitrogens is 3. The Labute approximate surface area is 123 Å². The van der Waals surface area contributed by atoms with Gasteiger partial charge in [0.25, 0.3) is 0 Å². The molecule has 0 amide bonds. The lowest BCUT2D eigenvalue weighted by Crippen LogP contribution is -2.29. The number of hydrogen-bond acceptors (Lipinski definition) is 0. The van der Waals surface area contributed by atoms with E-state index in [1.807, 2.05) is 18.2 Å². The minimum Gasteiger partial charge on any atom is -0.272 e. The number of nitrogens with zero attached hydrogens (tertiary/aromatic N) is 2. The van der Waals surface area contributed by atoms with Gasteiger partial charge in [0.05, 0.1) is 6.20 Å². The second kappa shape index (κ2) is 4.63. The Morgan fingerprint density at radius 2 is 1.71 bits per heavy atom. The molecule has 2 heterocycles. The molecule has 2 aromatic carbocycles. The van der Waals surface area contributed by atoms with E-state index >= 15 is 0 Å². The van der Waals surface area contributed by atoms with Crippen molar-refractivity contribution in [3.05, 3.63) is 78.9 Å². The van der Waals surface area contributed by atoms with Crippen molar-refractivity contribution in [2.24, 2.45) is 0 Å². The van der Waals surface area contributed by atoms with Crippen LogP contribution in [0.5, 0.6) is 0 Å². The van der Waals surface area contributed by atoms with E-state index in [-0.39, 0.29) is 0 Å². The van der Waals surface area contributed by atoms with Crippen LogP contribution in [0.25, 0.3) is 22.4 Å². The second-order valence-electron chi connectivity index (χ2n) is 5.21. The molecule has 2 aromatic heterocycles. The number of H-pyrrole nitrogens is 1. The molecule has 21 heavy (non-hydrogen) atoms. The smallest absolute Gasteiger partial charge is 0.234 e. The van der Waals surface area contributed by atoms with Crippen LogP contribution < -0.4 is 4.57 Å². The molecule has 0 aliphatic carbocycles. The molecule has 0 aliphatic heterocycles. The van der Waals surface area contributed by atoms with Crippen molar-refractivity contribution in [3.63, 3.8) is 0 Å². The zero-order valence-electron chi connectivity index (χ0n) is 11.8. The lowest BCUT2D eigenvalue weighted by molar-refractivity contribution is -0.598. The molecule has 1 N–H and O–H groups in total. The van der Waals surface area contributed by atoms with Gasteiger partial charge in [-0.1, -0.05) is 36.4 Å². The number of nitrogens with one attached hydrogen (secondary N) is 1. The van der Waals surface area contributed by atoms with Gasteiger partial charge in [-0.2, -0.15) is 0 Å². The van der Waals surface area contributed by atoms with Gasteiger partial charge in [0.1, 0.15) is 17.4 Å². The number of aromatic amines is 1. The minimum absolute atomic E-state index is 1.12. The fourth-order valence-corrected chi connectivity index (χ4v) is 2.77. The fourth-order valence-electron chi connectivity index (χ4n) is 2.77. The maximum Gasteiger partial charge on any atom is 0.234 e. The van der Waals surface area contributed by atoms with Crippen molar-refractivity contribution in [1.82, 2.24) is 9.55 Å². The number of aryl methyl sites for hydroxylation is 1. The molecule has 0 unspecified atom stereocenters. The monoisotopic (exact) mass is 274 g/mol. The molecule has 0 aliphatic rings. The van der Waals surface area contributed by atoms with Crippen molar-refractivity contribution >= 4 is 10.9 Å². The Balaban J connectivity index is 1.83. The highest BCUT2D eigenvalue weighted by molar-refractivity contribution is 5.85. The topological polar surface area (TPSA) is 24.6 Å². The van der Waals surface area contributed by atoms with Crippen LogP contribution in [-0.4, -0.2) is 9.55 Å². The molecular weight excluding hydrogens is 258 g/mol. The minimum atomic E-state index is 1.12. The van der Waals surface area contributed by atoms with E-state index in [4.69, 9.17) is 0 Å². The van der Waals surface area contributed by atoms with Gasteiger partial charge in [-0.3, -0.25) is 4.98 Å². The van der Waals surface area contributed by atoms with Gasteiger partial charge in [0, 0.05) is 10.9 Å². The Hall–Kier alpha value is -2.81. The number of para-hydroxylation sites is 2. The van der Waals surface area contributed by atoms with Crippen molar-refractivity contribution in [3.8, 4) is 11.5 Å². The molecule has 0 atom stereocenters. The summed E-state index contributed by atoms with van der Waals surface area (Å²) in [6, 6.07) is 18.7. The highest BCUT2D eigenvalue weighted by atomic mass is 15.2. The summed E-state index contributed by atoms with van der Waals surface area (Å²) in [5.41, 5.74) is 3.59. The van der Waals surface area contributed by atoms with E-state index in [2.05, 4.69) is 76.2 Å².